The summed E-state index contributed by atoms with van der Waals surface area (Å²) in [5, 5.41) is 18.3. The van der Waals surface area contributed by atoms with Gasteiger partial charge in [-0.1, -0.05) is 30.3 Å². The van der Waals surface area contributed by atoms with E-state index in [-0.39, 0.29) is 13.2 Å². The van der Waals surface area contributed by atoms with Crippen molar-refractivity contribution < 1.29 is 10.2 Å². The maximum Gasteiger partial charge on any atom is 0.198 e. The summed E-state index contributed by atoms with van der Waals surface area (Å²) >= 11 is 0. The zero-order valence-electron chi connectivity index (χ0n) is 8.17. The summed E-state index contributed by atoms with van der Waals surface area (Å²) in [7, 11) is 0. The molecule has 0 saturated heterocycles. The Morgan fingerprint density at radius 3 is 2.40 bits per heavy atom. The summed E-state index contributed by atoms with van der Waals surface area (Å²) in [5.41, 5.74) is 0.374. The molecule has 78 valence electrons. The highest BCUT2D eigenvalue weighted by atomic mass is 16.3. The third-order valence-electron chi connectivity index (χ3n) is 2.37. The number of benzene rings is 1. The lowest BCUT2D eigenvalue weighted by Gasteiger charge is -2.20. The van der Waals surface area contributed by atoms with Crippen LogP contribution in [0, 0.1) is 0 Å². The van der Waals surface area contributed by atoms with Crippen LogP contribution in [-0.4, -0.2) is 35.4 Å². The molecule has 0 fully saturated rings. The van der Waals surface area contributed by atoms with E-state index < -0.39 is 5.66 Å². The first-order valence-corrected chi connectivity index (χ1v) is 4.72. The Bertz CT molecular complexity index is 400. The van der Waals surface area contributed by atoms with Gasteiger partial charge in [-0.2, -0.15) is 0 Å². The van der Waals surface area contributed by atoms with Gasteiger partial charge in [0.2, 0.25) is 0 Å². The Kier molecular flexibility index (Phi) is 2.62. The van der Waals surface area contributed by atoms with Crippen LogP contribution in [0.25, 0.3) is 0 Å². The molecule has 1 aromatic rings. The molecule has 1 atom stereocenters. The molecule has 0 saturated carbocycles. The van der Waals surface area contributed by atoms with Crippen molar-refractivity contribution in [3.63, 3.8) is 0 Å². The third kappa shape index (κ3) is 1.69. The van der Waals surface area contributed by atoms with Crippen molar-refractivity contribution in [3.8, 4) is 0 Å². The monoisotopic (exact) mass is 204 g/mol. The number of hydrogen-bond acceptors (Lipinski definition) is 4. The van der Waals surface area contributed by atoms with Crippen LogP contribution >= 0.6 is 0 Å². The number of rotatable bonds is 3. The summed E-state index contributed by atoms with van der Waals surface area (Å²) in [4.78, 5) is 8.39. The molecule has 4 nitrogen and oxygen atoms in total. The van der Waals surface area contributed by atoms with Crippen LogP contribution in [0.2, 0.25) is 0 Å². The molecule has 0 aromatic heterocycles. The van der Waals surface area contributed by atoms with Gasteiger partial charge >= 0.3 is 0 Å². The first-order valence-electron chi connectivity index (χ1n) is 4.72. The second kappa shape index (κ2) is 3.92. The van der Waals surface area contributed by atoms with Gasteiger partial charge in [-0.15, -0.1) is 0 Å². The molecule has 2 N–H and O–H groups in total. The summed E-state index contributed by atoms with van der Waals surface area (Å²) in [6.45, 7) is -0.352. The van der Waals surface area contributed by atoms with Crippen LogP contribution in [0.5, 0.6) is 0 Å². The molecule has 0 bridgehead atoms. The van der Waals surface area contributed by atoms with Gasteiger partial charge in [0.15, 0.2) is 5.66 Å². The van der Waals surface area contributed by atoms with Crippen molar-refractivity contribution in [1.82, 2.24) is 0 Å². The first-order chi connectivity index (χ1) is 7.30. The predicted molar refractivity (Wildman–Crippen MR) is 58.2 cm³/mol. The molecule has 1 aliphatic rings. The van der Waals surface area contributed by atoms with Gasteiger partial charge in [0, 0.05) is 11.8 Å². The van der Waals surface area contributed by atoms with E-state index in [0.717, 1.165) is 5.56 Å². The van der Waals surface area contributed by atoms with Crippen LogP contribution in [0.15, 0.2) is 40.3 Å². The van der Waals surface area contributed by atoms with Crippen LogP contribution in [-0.2, 0) is 5.66 Å². The highest BCUT2D eigenvalue weighted by Crippen LogP contribution is 2.29. The number of aliphatic hydroxyl groups is 2. The quantitative estimate of drug-likeness (QED) is 0.746. The Hall–Kier alpha value is -1.52. The molecule has 4 heteroatoms. The zero-order chi connectivity index (χ0) is 10.7. The van der Waals surface area contributed by atoms with Gasteiger partial charge < -0.3 is 10.2 Å². The number of aliphatic imine (C=N–C) groups is 2. The zero-order valence-corrected chi connectivity index (χ0v) is 8.17. The van der Waals surface area contributed by atoms with E-state index >= 15 is 0 Å². The SMILES string of the molecule is OCC1=NC(CO)(c2ccccc2)N=C1. The van der Waals surface area contributed by atoms with Crippen LogP contribution in [0.4, 0.5) is 0 Å². The van der Waals surface area contributed by atoms with E-state index in [4.69, 9.17) is 5.11 Å². The molecule has 0 spiro atoms. The fraction of sp³-hybridized carbons (Fsp3) is 0.273. The lowest BCUT2D eigenvalue weighted by atomic mass is 10.0. The van der Waals surface area contributed by atoms with Crippen molar-refractivity contribution in [1.29, 1.82) is 0 Å². The minimum Gasteiger partial charge on any atom is -0.391 e. The van der Waals surface area contributed by atoms with Gasteiger partial charge in [0.05, 0.1) is 18.9 Å². The lowest BCUT2D eigenvalue weighted by molar-refractivity contribution is 0.207. The molecular weight excluding hydrogens is 192 g/mol. The van der Waals surface area contributed by atoms with Crippen LogP contribution in [0.1, 0.15) is 5.56 Å². The van der Waals surface area contributed by atoms with E-state index in [2.05, 4.69) is 9.98 Å². The van der Waals surface area contributed by atoms with Crippen molar-refractivity contribution in [3.05, 3.63) is 35.9 Å². The molecule has 2 rings (SSSR count). The number of aliphatic hydroxyl groups excluding tert-OH is 2. The highest BCUT2D eigenvalue weighted by molar-refractivity contribution is 6.32. The molecule has 15 heavy (non-hydrogen) atoms. The minimum atomic E-state index is -0.945. The third-order valence-corrected chi connectivity index (χ3v) is 2.37. The van der Waals surface area contributed by atoms with Crippen LogP contribution in [0.3, 0.4) is 0 Å². The molecule has 1 unspecified atom stereocenters. The average molecular weight is 204 g/mol. The minimum absolute atomic E-state index is 0.155. The Balaban J connectivity index is 2.41. The Morgan fingerprint density at radius 2 is 1.87 bits per heavy atom. The van der Waals surface area contributed by atoms with Gasteiger partial charge in [-0.3, -0.25) is 4.99 Å². The van der Waals surface area contributed by atoms with Gasteiger partial charge in [0.1, 0.15) is 0 Å². The van der Waals surface area contributed by atoms with Crippen molar-refractivity contribution >= 4 is 11.9 Å². The van der Waals surface area contributed by atoms with Crippen LogP contribution < -0.4 is 0 Å². The van der Waals surface area contributed by atoms with Crippen molar-refractivity contribution in [2.75, 3.05) is 13.2 Å². The summed E-state index contributed by atoms with van der Waals surface area (Å²) in [6.07, 6.45) is 1.50. The molecule has 1 aromatic carbocycles. The average Bonchev–Trinajstić information content (AvgIpc) is 2.75. The van der Waals surface area contributed by atoms with E-state index in [9.17, 15) is 5.11 Å². The predicted octanol–water partition coefficient (Wildman–Crippen LogP) is 0.349. The van der Waals surface area contributed by atoms with Crippen molar-refractivity contribution in [2.24, 2.45) is 9.98 Å². The molecule has 0 aliphatic carbocycles. The number of nitrogens with zero attached hydrogens (tertiary/aromatic N) is 2. The fourth-order valence-corrected chi connectivity index (χ4v) is 1.56. The van der Waals surface area contributed by atoms with Crippen molar-refractivity contribution in [2.45, 2.75) is 5.66 Å². The standard InChI is InChI=1S/C11H12N2O2/c14-7-10-6-12-11(8-15,13-10)9-4-2-1-3-5-9/h1-6,14-15H,7-8H2. The second-order valence-electron chi connectivity index (χ2n) is 3.36. The van der Waals surface area contributed by atoms with Gasteiger partial charge in [-0.25, -0.2) is 4.99 Å². The normalized spacial score (nSPS) is 24.3. The number of hydrogen-bond donors (Lipinski definition) is 2. The molecule has 1 heterocycles. The molecular formula is C11H12N2O2. The Morgan fingerprint density at radius 1 is 1.13 bits per heavy atom. The fourth-order valence-electron chi connectivity index (χ4n) is 1.56. The highest BCUT2D eigenvalue weighted by Gasteiger charge is 2.33. The Labute approximate surface area is 87.6 Å². The lowest BCUT2D eigenvalue weighted by Crippen LogP contribution is -2.24. The molecule has 1 aliphatic heterocycles. The van der Waals surface area contributed by atoms with E-state index in [1.165, 1.54) is 6.21 Å². The summed E-state index contributed by atoms with van der Waals surface area (Å²) in [5.74, 6) is 0. The largest absolute Gasteiger partial charge is 0.391 e. The molecule has 0 radical (unpaired) electrons. The maximum absolute atomic E-state index is 9.38. The topological polar surface area (TPSA) is 65.2 Å². The smallest absolute Gasteiger partial charge is 0.198 e. The van der Waals surface area contributed by atoms with E-state index in [0.29, 0.717) is 5.71 Å². The summed E-state index contributed by atoms with van der Waals surface area (Å²) < 4.78 is 0. The van der Waals surface area contributed by atoms with E-state index in [1.807, 2.05) is 30.3 Å². The van der Waals surface area contributed by atoms with Gasteiger partial charge in [0.25, 0.3) is 0 Å². The maximum atomic E-state index is 9.38. The van der Waals surface area contributed by atoms with Gasteiger partial charge in [-0.05, 0) is 0 Å². The first kappa shape index (κ1) is 10.0. The van der Waals surface area contributed by atoms with E-state index in [1.54, 1.807) is 0 Å². The second-order valence-corrected chi connectivity index (χ2v) is 3.36. The molecule has 0 amide bonds. The summed E-state index contributed by atoms with van der Waals surface area (Å²) in [6, 6.07) is 9.35.